The van der Waals surface area contributed by atoms with Crippen molar-refractivity contribution in [2.24, 2.45) is 20.0 Å². The molecule has 4 aliphatic rings. The fourth-order valence-corrected chi connectivity index (χ4v) is 9.86. The fraction of sp³-hybridized carbons (Fsp3) is 0.535. The quantitative estimate of drug-likeness (QED) is 0.179. The molecule has 11 heteroatoms. The van der Waals surface area contributed by atoms with Crippen LogP contribution in [0, 0.1) is 12.8 Å². The second kappa shape index (κ2) is 16.0. The SMILES string of the molecule is Cc1c(NC(=O)c2nc3c(n2C)CCN(C2CCCCC2)C3)cccc1-c1cccc(NC(=O)c2nc3c(n2C)CCN(CCC2CCCCC2)C3)c1Cl. The third-order valence-corrected chi connectivity index (χ3v) is 13.2. The summed E-state index contributed by atoms with van der Waals surface area (Å²) in [5.74, 6) is 1.17. The lowest BCUT2D eigenvalue weighted by atomic mass is 9.87. The normalized spacial score (nSPS) is 18.7. The number of hydrogen-bond acceptors (Lipinski definition) is 6. The molecule has 2 aliphatic heterocycles. The molecule has 2 aromatic carbocycles. The number of carbonyl (C=O) groups is 2. The van der Waals surface area contributed by atoms with Gasteiger partial charge in [-0.15, -0.1) is 0 Å². The Labute approximate surface area is 324 Å². The highest BCUT2D eigenvalue weighted by Crippen LogP contribution is 2.38. The molecule has 2 amide bonds. The predicted octanol–water partition coefficient (Wildman–Crippen LogP) is 8.31. The molecule has 0 saturated heterocycles. The number of benzene rings is 2. The van der Waals surface area contributed by atoms with E-state index in [2.05, 4.69) is 20.4 Å². The first-order valence-corrected chi connectivity index (χ1v) is 20.7. The van der Waals surface area contributed by atoms with Crippen molar-refractivity contribution in [1.82, 2.24) is 28.9 Å². The number of nitrogens with zero attached hydrogens (tertiary/aromatic N) is 6. The topological polar surface area (TPSA) is 100 Å². The van der Waals surface area contributed by atoms with Crippen molar-refractivity contribution in [3.05, 3.63) is 81.4 Å². The summed E-state index contributed by atoms with van der Waals surface area (Å²) in [6.45, 7) is 6.68. The Morgan fingerprint density at radius 1 is 0.741 bits per heavy atom. The van der Waals surface area contributed by atoms with Gasteiger partial charge in [0, 0.05) is 81.8 Å². The lowest BCUT2D eigenvalue weighted by molar-refractivity contribution is 0.100. The summed E-state index contributed by atoms with van der Waals surface area (Å²) in [5.41, 5.74) is 8.04. The number of rotatable bonds is 9. The molecule has 10 nitrogen and oxygen atoms in total. The highest BCUT2D eigenvalue weighted by Gasteiger charge is 2.30. The van der Waals surface area contributed by atoms with E-state index in [9.17, 15) is 9.59 Å². The molecule has 2 aliphatic carbocycles. The van der Waals surface area contributed by atoms with Crippen LogP contribution in [0.5, 0.6) is 0 Å². The van der Waals surface area contributed by atoms with Crippen molar-refractivity contribution in [1.29, 1.82) is 0 Å². The summed E-state index contributed by atoms with van der Waals surface area (Å²) in [7, 11) is 3.89. The highest BCUT2D eigenvalue weighted by atomic mass is 35.5. The van der Waals surface area contributed by atoms with Crippen molar-refractivity contribution in [3.63, 3.8) is 0 Å². The number of imidazole rings is 2. The van der Waals surface area contributed by atoms with E-state index in [1.54, 1.807) is 0 Å². The first-order valence-electron chi connectivity index (χ1n) is 20.3. The molecule has 4 aromatic rings. The zero-order chi connectivity index (χ0) is 37.3. The van der Waals surface area contributed by atoms with Crippen molar-refractivity contribution < 1.29 is 9.59 Å². The molecule has 8 rings (SSSR count). The molecule has 286 valence electrons. The molecule has 0 atom stereocenters. The van der Waals surface area contributed by atoms with Crippen molar-refractivity contribution >= 4 is 34.8 Å². The monoisotopic (exact) mass is 750 g/mol. The zero-order valence-corrected chi connectivity index (χ0v) is 33.0. The van der Waals surface area contributed by atoms with Gasteiger partial charge in [0.15, 0.2) is 11.6 Å². The summed E-state index contributed by atoms with van der Waals surface area (Å²) >= 11 is 7.05. The van der Waals surface area contributed by atoms with Crippen molar-refractivity contribution in [2.45, 2.75) is 110 Å². The van der Waals surface area contributed by atoms with Crippen LogP contribution in [-0.4, -0.2) is 66.4 Å². The van der Waals surface area contributed by atoms with Gasteiger partial charge in [-0.25, -0.2) is 9.97 Å². The van der Waals surface area contributed by atoms with Gasteiger partial charge in [-0.2, -0.15) is 0 Å². The van der Waals surface area contributed by atoms with E-state index in [1.165, 1.54) is 70.6 Å². The van der Waals surface area contributed by atoms with Gasteiger partial charge in [0.2, 0.25) is 0 Å². The molecule has 2 N–H and O–H groups in total. The number of carbonyl (C=O) groups excluding carboxylic acids is 2. The standard InChI is InChI=1S/C43H55ClN8O2/c1-28-31(16-10-18-33(28)47-42(53)40-46-36-27-52(25-22-38(36)50(40)3)30-14-8-5-9-15-30)32-17-11-19-34(39(32)44)48-43(54)41-45-35-26-51(24-21-37(35)49(41)2)23-20-29-12-6-4-7-13-29/h10-11,16-19,29-30H,4-9,12-15,20-27H2,1-3H3,(H,47,53)(H,48,54). The minimum absolute atomic E-state index is 0.228. The number of aromatic nitrogens is 4. The molecule has 54 heavy (non-hydrogen) atoms. The smallest absolute Gasteiger partial charge is 0.291 e. The Morgan fingerprint density at radius 3 is 2.00 bits per heavy atom. The maximum atomic E-state index is 13.7. The van der Waals surface area contributed by atoms with Gasteiger partial charge >= 0.3 is 0 Å². The van der Waals surface area contributed by atoms with Crippen LogP contribution >= 0.6 is 11.6 Å². The van der Waals surface area contributed by atoms with E-state index in [1.807, 2.05) is 66.6 Å². The van der Waals surface area contributed by atoms with Gasteiger partial charge < -0.3 is 19.8 Å². The molecular weight excluding hydrogens is 696 g/mol. The maximum absolute atomic E-state index is 13.7. The Morgan fingerprint density at radius 2 is 1.31 bits per heavy atom. The van der Waals surface area contributed by atoms with Gasteiger partial charge in [0.1, 0.15) is 0 Å². The third kappa shape index (κ3) is 7.49. The molecule has 0 spiro atoms. The molecular formula is C43H55ClN8O2. The third-order valence-electron chi connectivity index (χ3n) is 12.8. The first-order chi connectivity index (χ1) is 26.2. The highest BCUT2D eigenvalue weighted by molar-refractivity contribution is 6.36. The van der Waals surface area contributed by atoms with Crippen LogP contribution in [0.4, 0.5) is 11.4 Å². The van der Waals surface area contributed by atoms with Gasteiger partial charge in [0.25, 0.3) is 11.8 Å². The van der Waals surface area contributed by atoms with E-state index >= 15 is 0 Å². The average molecular weight is 751 g/mol. The van der Waals surface area contributed by atoms with Crippen LogP contribution in [0.25, 0.3) is 11.1 Å². The van der Waals surface area contributed by atoms with Crippen molar-refractivity contribution in [3.8, 4) is 11.1 Å². The van der Waals surface area contributed by atoms with Crippen molar-refractivity contribution in [2.75, 3.05) is 30.3 Å². The summed E-state index contributed by atoms with van der Waals surface area (Å²) < 4.78 is 3.92. The summed E-state index contributed by atoms with van der Waals surface area (Å²) in [4.78, 5) is 42.2. The Balaban J connectivity index is 0.946. The van der Waals surface area contributed by atoms with Gasteiger partial charge in [-0.05, 0) is 61.9 Å². The van der Waals surface area contributed by atoms with Crippen LogP contribution in [0.15, 0.2) is 36.4 Å². The minimum atomic E-state index is -0.280. The van der Waals surface area contributed by atoms with Crippen LogP contribution in [0.1, 0.15) is 120 Å². The molecule has 2 saturated carbocycles. The average Bonchev–Trinajstić information content (AvgIpc) is 3.71. The molecule has 2 aromatic heterocycles. The zero-order valence-electron chi connectivity index (χ0n) is 32.2. The van der Waals surface area contributed by atoms with E-state index < -0.39 is 0 Å². The van der Waals surface area contributed by atoms with E-state index in [0.717, 1.165) is 90.9 Å². The van der Waals surface area contributed by atoms with Crippen LogP contribution in [0.2, 0.25) is 5.02 Å². The molecule has 4 heterocycles. The maximum Gasteiger partial charge on any atom is 0.291 e. The Kier molecular flexibility index (Phi) is 11.0. The number of anilines is 2. The number of halogens is 1. The van der Waals surface area contributed by atoms with Gasteiger partial charge in [-0.3, -0.25) is 19.4 Å². The van der Waals surface area contributed by atoms with Crippen LogP contribution in [-0.2, 0) is 40.0 Å². The molecule has 0 unspecified atom stereocenters. The van der Waals surface area contributed by atoms with E-state index in [-0.39, 0.29) is 11.8 Å². The fourth-order valence-electron chi connectivity index (χ4n) is 9.58. The predicted molar refractivity (Wildman–Crippen MR) is 215 cm³/mol. The first kappa shape index (κ1) is 37.0. The Bertz CT molecular complexity index is 2020. The Hall–Kier alpha value is -3.99. The van der Waals surface area contributed by atoms with E-state index in [4.69, 9.17) is 21.6 Å². The lowest BCUT2D eigenvalue weighted by Crippen LogP contribution is -2.40. The molecule has 2 fully saturated rings. The van der Waals surface area contributed by atoms with Crippen LogP contribution in [0.3, 0.4) is 0 Å². The second-order valence-corrected chi connectivity index (χ2v) is 16.5. The number of hydrogen-bond donors (Lipinski definition) is 2. The number of amides is 2. The summed E-state index contributed by atoms with van der Waals surface area (Å²) in [6, 6.07) is 12.1. The number of fused-ring (bicyclic) bond motifs is 2. The summed E-state index contributed by atoms with van der Waals surface area (Å²) in [5, 5.41) is 6.63. The lowest BCUT2D eigenvalue weighted by Gasteiger charge is -2.36. The van der Waals surface area contributed by atoms with Gasteiger partial charge in [0.05, 0.1) is 22.1 Å². The molecule has 0 radical (unpaired) electrons. The largest absolute Gasteiger partial charge is 0.327 e. The molecule has 0 bridgehead atoms. The van der Waals surface area contributed by atoms with Crippen LogP contribution < -0.4 is 10.6 Å². The number of nitrogens with one attached hydrogen (secondary N) is 2. The van der Waals surface area contributed by atoms with E-state index in [0.29, 0.717) is 34.1 Å². The summed E-state index contributed by atoms with van der Waals surface area (Å²) in [6.07, 6.45) is 16.4. The second-order valence-electron chi connectivity index (χ2n) is 16.2. The van der Waals surface area contributed by atoms with Gasteiger partial charge in [-0.1, -0.05) is 87.2 Å². The minimum Gasteiger partial charge on any atom is -0.327 e.